The molecule has 0 bridgehead atoms. The molecule has 2 rings (SSSR count). The number of nitro benzene ring substituents is 1. The van der Waals surface area contributed by atoms with Crippen molar-refractivity contribution in [1.82, 2.24) is 4.90 Å². The van der Waals surface area contributed by atoms with Gasteiger partial charge in [-0.25, -0.2) is 0 Å². The van der Waals surface area contributed by atoms with Gasteiger partial charge in [0.15, 0.2) is 0 Å². The summed E-state index contributed by atoms with van der Waals surface area (Å²) in [5.41, 5.74) is 1.96. The molecule has 26 heavy (non-hydrogen) atoms. The quantitative estimate of drug-likeness (QED) is 0.611. The molecule has 0 aromatic heterocycles. The Bertz CT molecular complexity index is 834. The number of rotatable bonds is 6. The lowest BCUT2D eigenvalue weighted by Crippen LogP contribution is -2.35. The van der Waals surface area contributed by atoms with Crippen molar-refractivity contribution >= 4 is 28.9 Å². The van der Waals surface area contributed by atoms with E-state index in [4.69, 9.17) is 0 Å². The van der Waals surface area contributed by atoms with E-state index in [9.17, 15) is 19.7 Å². The van der Waals surface area contributed by atoms with Crippen molar-refractivity contribution in [2.45, 2.75) is 6.92 Å². The lowest BCUT2D eigenvalue weighted by atomic mass is 10.1. The molecule has 0 aliphatic heterocycles. The Kier molecular flexibility index (Phi) is 5.90. The van der Waals surface area contributed by atoms with Gasteiger partial charge in [0.05, 0.1) is 11.5 Å². The van der Waals surface area contributed by atoms with Gasteiger partial charge in [0.2, 0.25) is 5.91 Å². The van der Waals surface area contributed by atoms with Crippen LogP contribution in [0.1, 0.15) is 15.9 Å². The SMILES string of the molecule is CNc1ccc(C(=O)N(C)CC(=O)Nc2ccc(C)cc2)cc1[N+](=O)[O-]. The fourth-order valence-electron chi connectivity index (χ4n) is 2.37. The molecule has 0 saturated carbocycles. The molecule has 0 unspecified atom stereocenters. The average molecular weight is 356 g/mol. The first-order valence-electron chi connectivity index (χ1n) is 7.90. The number of likely N-dealkylation sites (N-methyl/N-ethyl adjacent to an activating group) is 1. The smallest absolute Gasteiger partial charge is 0.293 e. The molecule has 0 heterocycles. The Hall–Kier alpha value is -3.42. The van der Waals surface area contributed by atoms with E-state index in [-0.39, 0.29) is 23.7 Å². The minimum Gasteiger partial charge on any atom is -0.383 e. The van der Waals surface area contributed by atoms with Gasteiger partial charge in [-0.3, -0.25) is 19.7 Å². The van der Waals surface area contributed by atoms with Crippen LogP contribution in [0.2, 0.25) is 0 Å². The van der Waals surface area contributed by atoms with E-state index in [0.29, 0.717) is 11.4 Å². The molecule has 0 radical (unpaired) electrons. The molecule has 0 spiro atoms. The second-order valence-corrected chi connectivity index (χ2v) is 5.81. The number of nitrogens with one attached hydrogen (secondary N) is 2. The Morgan fingerprint density at radius 1 is 1.15 bits per heavy atom. The zero-order chi connectivity index (χ0) is 19.3. The molecule has 0 aliphatic carbocycles. The van der Waals surface area contributed by atoms with Crippen LogP contribution in [-0.2, 0) is 4.79 Å². The minimum absolute atomic E-state index is 0.140. The van der Waals surface area contributed by atoms with Crippen molar-refractivity contribution in [3.8, 4) is 0 Å². The highest BCUT2D eigenvalue weighted by atomic mass is 16.6. The first kappa shape index (κ1) is 18.9. The Morgan fingerprint density at radius 3 is 2.38 bits per heavy atom. The van der Waals surface area contributed by atoms with Crippen molar-refractivity contribution in [2.75, 3.05) is 31.3 Å². The summed E-state index contributed by atoms with van der Waals surface area (Å²) in [6.45, 7) is 1.77. The van der Waals surface area contributed by atoms with E-state index in [1.807, 2.05) is 19.1 Å². The Labute approximate surface area is 151 Å². The van der Waals surface area contributed by atoms with E-state index in [1.165, 1.54) is 30.1 Å². The number of amides is 2. The predicted molar refractivity (Wildman–Crippen MR) is 99.4 cm³/mol. The fourth-order valence-corrected chi connectivity index (χ4v) is 2.37. The summed E-state index contributed by atoms with van der Waals surface area (Å²) in [5, 5.41) is 16.5. The number of carbonyl (C=O) groups excluding carboxylic acids is 2. The van der Waals surface area contributed by atoms with Crippen LogP contribution < -0.4 is 10.6 Å². The molecule has 0 atom stereocenters. The topological polar surface area (TPSA) is 105 Å². The third kappa shape index (κ3) is 4.56. The summed E-state index contributed by atoms with van der Waals surface area (Å²) in [6.07, 6.45) is 0. The van der Waals surface area contributed by atoms with Crippen molar-refractivity contribution < 1.29 is 14.5 Å². The molecule has 136 valence electrons. The van der Waals surface area contributed by atoms with Crippen LogP contribution in [0.3, 0.4) is 0 Å². The van der Waals surface area contributed by atoms with Crippen LogP contribution in [0.25, 0.3) is 0 Å². The van der Waals surface area contributed by atoms with Gasteiger partial charge in [-0.2, -0.15) is 0 Å². The molecule has 2 aromatic carbocycles. The van der Waals surface area contributed by atoms with Gasteiger partial charge in [-0.15, -0.1) is 0 Å². The number of hydrogen-bond acceptors (Lipinski definition) is 5. The number of carbonyl (C=O) groups is 2. The summed E-state index contributed by atoms with van der Waals surface area (Å²) in [4.78, 5) is 36.3. The van der Waals surface area contributed by atoms with Gasteiger partial charge in [-0.1, -0.05) is 17.7 Å². The first-order valence-corrected chi connectivity index (χ1v) is 7.90. The molecule has 0 fully saturated rings. The number of nitrogens with zero attached hydrogens (tertiary/aromatic N) is 2. The largest absolute Gasteiger partial charge is 0.383 e. The molecule has 2 aromatic rings. The van der Waals surface area contributed by atoms with E-state index >= 15 is 0 Å². The van der Waals surface area contributed by atoms with Crippen LogP contribution in [0, 0.1) is 17.0 Å². The molecule has 8 heteroatoms. The number of hydrogen-bond donors (Lipinski definition) is 2. The third-order valence-corrected chi connectivity index (χ3v) is 3.77. The Balaban J connectivity index is 2.07. The fraction of sp³-hybridized carbons (Fsp3) is 0.222. The van der Waals surface area contributed by atoms with Crippen LogP contribution in [0.5, 0.6) is 0 Å². The van der Waals surface area contributed by atoms with Gasteiger partial charge >= 0.3 is 0 Å². The monoisotopic (exact) mass is 356 g/mol. The summed E-state index contributed by atoms with van der Waals surface area (Å²) in [5.74, 6) is -0.833. The second kappa shape index (κ2) is 8.11. The zero-order valence-corrected chi connectivity index (χ0v) is 14.8. The van der Waals surface area contributed by atoms with Crippen LogP contribution >= 0.6 is 0 Å². The maximum atomic E-state index is 12.5. The number of benzene rings is 2. The second-order valence-electron chi connectivity index (χ2n) is 5.81. The van der Waals surface area contributed by atoms with Crippen molar-refractivity contribution in [3.05, 3.63) is 63.7 Å². The third-order valence-electron chi connectivity index (χ3n) is 3.77. The van der Waals surface area contributed by atoms with Crippen molar-refractivity contribution in [3.63, 3.8) is 0 Å². The Morgan fingerprint density at radius 2 is 1.81 bits per heavy atom. The molecular weight excluding hydrogens is 336 g/mol. The summed E-state index contributed by atoms with van der Waals surface area (Å²) in [7, 11) is 3.03. The highest BCUT2D eigenvalue weighted by molar-refractivity contribution is 6.00. The van der Waals surface area contributed by atoms with Gasteiger partial charge in [0.1, 0.15) is 5.69 Å². The number of anilines is 2. The van der Waals surface area contributed by atoms with Gasteiger partial charge in [0.25, 0.3) is 11.6 Å². The van der Waals surface area contributed by atoms with Crippen LogP contribution in [0.4, 0.5) is 17.1 Å². The van der Waals surface area contributed by atoms with Crippen molar-refractivity contribution in [1.29, 1.82) is 0 Å². The normalized spacial score (nSPS) is 10.1. The molecule has 8 nitrogen and oxygen atoms in total. The van der Waals surface area contributed by atoms with Crippen LogP contribution in [0.15, 0.2) is 42.5 Å². The molecule has 0 saturated heterocycles. The first-order chi connectivity index (χ1) is 12.3. The maximum absolute atomic E-state index is 12.5. The van der Waals surface area contributed by atoms with E-state index in [0.717, 1.165) is 5.56 Å². The lowest BCUT2D eigenvalue weighted by Gasteiger charge is -2.17. The predicted octanol–water partition coefficient (Wildman–Crippen LogP) is 2.66. The van der Waals surface area contributed by atoms with Crippen LogP contribution in [-0.4, -0.2) is 42.3 Å². The summed E-state index contributed by atoms with van der Waals surface area (Å²) >= 11 is 0. The van der Waals surface area contributed by atoms with Crippen molar-refractivity contribution in [2.24, 2.45) is 0 Å². The van der Waals surface area contributed by atoms with Gasteiger partial charge < -0.3 is 15.5 Å². The molecular formula is C18H20N4O4. The standard InChI is InChI=1S/C18H20N4O4/c1-12-4-7-14(8-5-12)20-17(23)11-21(3)18(24)13-6-9-15(19-2)16(10-13)22(25)26/h4-10,19H,11H2,1-3H3,(H,20,23). The maximum Gasteiger partial charge on any atom is 0.293 e. The van der Waals surface area contributed by atoms with E-state index < -0.39 is 10.8 Å². The highest BCUT2D eigenvalue weighted by Crippen LogP contribution is 2.25. The zero-order valence-electron chi connectivity index (χ0n) is 14.8. The average Bonchev–Trinajstić information content (AvgIpc) is 2.62. The van der Waals surface area contributed by atoms with Gasteiger partial charge in [-0.05, 0) is 31.2 Å². The summed E-state index contributed by atoms with van der Waals surface area (Å²) < 4.78 is 0. The lowest BCUT2D eigenvalue weighted by molar-refractivity contribution is -0.384. The molecule has 0 aliphatic rings. The van der Waals surface area contributed by atoms with Gasteiger partial charge in [0, 0.05) is 31.4 Å². The number of nitro groups is 1. The summed E-state index contributed by atoms with van der Waals surface area (Å²) in [6, 6.07) is 11.4. The molecule has 2 N–H and O–H groups in total. The van der Waals surface area contributed by atoms with E-state index in [1.54, 1.807) is 19.2 Å². The van der Waals surface area contributed by atoms with E-state index in [2.05, 4.69) is 10.6 Å². The minimum atomic E-state index is -0.563. The number of aryl methyl sites for hydroxylation is 1. The molecule has 2 amide bonds. The highest BCUT2D eigenvalue weighted by Gasteiger charge is 2.20.